The molecule has 0 aliphatic carbocycles. The van der Waals surface area contributed by atoms with E-state index >= 15 is 0 Å². The van der Waals surface area contributed by atoms with Crippen LogP contribution in [0.25, 0.3) is 0 Å². The van der Waals surface area contributed by atoms with Gasteiger partial charge in [-0.1, -0.05) is 90.2 Å². The Kier molecular flexibility index (Phi) is 25.4. The zero-order chi connectivity index (χ0) is 38.1. The first kappa shape index (κ1) is 46.9. The number of ether oxygens (including phenoxy) is 6. The van der Waals surface area contributed by atoms with Crippen LogP contribution < -0.4 is 0 Å². The third kappa shape index (κ3) is 17.9. The van der Waals surface area contributed by atoms with Crippen LogP contribution in [0.3, 0.4) is 0 Å². The minimum atomic E-state index is -1.70. The van der Waals surface area contributed by atoms with E-state index in [-0.39, 0.29) is 19.6 Å². The molecule has 11 unspecified atom stereocenters. The molecule has 0 saturated carbocycles. The highest BCUT2D eigenvalue weighted by molar-refractivity contribution is 5.69. The molecule has 11 atom stereocenters. The molecule has 2 aliphatic heterocycles. The molecule has 0 aromatic heterocycles. The maximum Gasteiger partial charge on any atom is 0.306 e. The minimum absolute atomic E-state index is 0.0587. The molecule has 0 bridgehead atoms. The first-order valence-electron chi connectivity index (χ1n) is 19.8. The molecule has 0 aromatic rings. The van der Waals surface area contributed by atoms with E-state index in [9.17, 15) is 40.5 Å². The Bertz CT molecular complexity index is 922. The number of aliphatic hydroxyl groups excluding tert-OH is 7. The van der Waals surface area contributed by atoms with Gasteiger partial charge >= 0.3 is 5.97 Å². The van der Waals surface area contributed by atoms with E-state index in [0.29, 0.717) is 13.0 Å². The van der Waals surface area contributed by atoms with Gasteiger partial charge in [0.25, 0.3) is 0 Å². The smallest absolute Gasteiger partial charge is 0.306 e. The predicted octanol–water partition coefficient (Wildman–Crippen LogP) is 2.78. The van der Waals surface area contributed by atoms with Gasteiger partial charge in [0.05, 0.1) is 26.4 Å². The van der Waals surface area contributed by atoms with E-state index in [2.05, 4.69) is 26.0 Å². The summed E-state index contributed by atoms with van der Waals surface area (Å²) >= 11 is 0. The van der Waals surface area contributed by atoms with E-state index < -0.39 is 86.7 Å². The first-order chi connectivity index (χ1) is 25.1. The summed E-state index contributed by atoms with van der Waals surface area (Å²) in [5.74, 6) is -0.397. The fourth-order valence-corrected chi connectivity index (χ4v) is 6.16. The zero-order valence-corrected chi connectivity index (χ0v) is 31.6. The van der Waals surface area contributed by atoms with Crippen molar-refractivity contribution in [1.29, 1.82) is 0 Å². The van der Waals surface area contributed by atoms with Crippen molar-refractivity contribution in [2.24, 2.45) is 0 Å². The number of unbranched alkanes of at least 4 members (excludes halogenated alkanes) is 13. The number of esters is 1. The van der Waals surface area contributed by atoms with E-state index in [4.69, 9.17) is 28.4 Å². The molecule has 0 spiro atoms. The fourth-order valence-electron chi connectivity index (χ4n) is 6.16. The lowest BCUT2D eigenvalue weighted by Gasteiger charge is -2.42. The van der Waals surface area contributed by atoms with Crippen molar-refractivity contribution >= 4 is 5.97 Å². The Morgan fingerprint density at radius 2 is 1.13 bits per heavy atom. The summed E-state index contributed by atoms with van der Waals surface area (Å²) in [6.45, 7) is 3.50. The normalized spacial score (nSPS) is 30.2. The Hall–Kier alpha value is -1.27. The van der Waals surface area contributed by atoms with Crippen LogP contribution in [0, 0.1) is 0 Å². The van der Waals surface area contributed by atoms with Crippen molar-refractivity contribution < 1.29 is 69.0 Å². The summed E-state index contributed by atoms with van der Waals surface area (Å²) in [6.07, 6.45) is 6.49. The van der Waals surface area contributed by atoms with Crippen molar-refractivity contribution in [3.05, 3.63) is 12.2 Å². The van der Waals surface area contributed by atoms with Crippen molar-refractivity contribution in [3.8, 4) is 0 Å². The molecule has 14 nitrogen and oxygen atoms in total. The fraction of sp³-hybridized carbons (Fsp3) is 0.921. The van der Waals surface area contributed by atoms with Gasteiger partial charge in [0.1, 0.15) is 54.9 Å². The second kappa shape index (κ2) is 28.2. The van der Waals surface area contributed by atoms with Crippen LogP contribution in [0.1, 0.15) is 123 Å². The molecule has 0 aromatic carbocycles. The monoisotopic (exact) mass is 750 g/mol. The van der Waals surface area contributed by atoms with Crippen LogP contribution >= 0.6 is 0 Å². The topological polar surface area (TPSA) is 214 Å². The maximum atomic E-state index is 12.6. The van der Waals surface area contributed by atoms with E-state index in [1.807, 2.05) is 0 Å². The van der Waals surface area contributed by atoms with Crippen LogP contribution in [-0.4, -0.2) is 142 Å². The molecular formula is C38H70O14. The van der Waals surface area contributed by atoms with Crippen LogP contribution in [0.5, 0.6) is 0 Å². The summed E-state index contributed by atoms with van der Waals surface area (Å²) in [6, 6.07) is 0. The zero-order valence-electron chi connectivity index (χ0n) is 31.6. The largest absolute Gasteiger partial charge is 0.457 e. The van der Waals surface area contributed by atoms with E-state index in [1.165, 1.54) is 51.4 Å². The number of hydrogen-bond acceptors (Lipinski definition) is 14. The number of carbonyl (C=O) groups excluding carboxylic acids is 1. The molecule has 0 amide bonds. The standard InChI is InChI=1S/C38H70O14/c1-3-5-7-9-10-11-12-13-14-15-16-17-18-20-22-47-24-27(50-30(40)21-19-8-6-4-2)25-48-37-36(46)34(44)32(42)29(52-37)26-49-38-35(45)33(43)31(41)28(23-39)51-38/h11-12,27-29,31-39,41-46H,3-10,13-26H2,1-2H3/b12-11-. The number of hydrogen-bond donors (Lipinski definition) is 7. The lowest BCUT2D eigenvalue weighted by atomic mass is 9.98. The molecule has 2 aliphatic rings. The van der Waals surface area contributed by atoms with E-state index in [0.717, 1.165) is 44.9 Å². The lowest BCUT2D eigenvalue weighted by molar-refractivity contribution is -0.332. The Labute approximate surface area is 310 Å². The van der Waals surface area contributed by atoms with Crippen molar-refractivity contribution in [2.75, 3.05) is 33.0 Å². The summed E-state index contributed by atoms with van der Waals surface area (Å²) in [5.41, 5.74) is 0. The summed E-state index contributed by atoms with van der Waals surface area (Å²) in [5, 5.41) is 71.4. The SMILES string of the molecule is CCCCCC/C=C\CCCCCCCCOCC(COC1OC(COC2OC(CO)C(O)C(O)C2O)C(O)C(O)C1O)OC(=O)CCCCCC. The van der Waals surface area contributed by atoms with Crippen molar-refractivity contribution in [3.63, 3.8) is 0 Å². The van der Waals surface area contributed by atoms with Gasteiger partial charge in [-0.3, -0.25) is 4.79 Å². The van der Waals surface area contributed by atoms with Gasteiger partial charge in [-0.25, -0.2) is 0 Å². The molecule has 2 rings (SSSR count). The molecule has 52 heavy (non-hydrogen) atoms. The highest BCUT2D eigenvalue weighted by Gasteiger charge is 2.47. The molecule has 14 heteroatoms. The van der Waals surface area contributed by atoms with Gasteiger partial charge < -0.3 is 64.2 Å². The van der Waals surface area contributed by atoms with Gasteiger partial charge in [0, 0.05) is 13.0 Å². The van der Waals surface area contributed by atoms with Gasteiger partial charge in [-0.2, -0.15) is 0 Å². The van der Waals surface area contributed by atoms with Crippen molar-refractivity contribution in [2.45, 2.75) is 191 Å². The number of aliphatic hydroxyl groups is 7. The average Bonchev–Trinajstić information content (AvgIpc) is 3.14. The lowest BCUT2D eigenvalue weighted by Crippen LogP contribution is -2.61. The van der Waals surface area contributed by atoms with Crippen molar-refractivity contribution in [1.82, 2.24) is 0 Å². The van der Waals surface area contributed by atoms with Crippen LogP contribution in [0.2, 0.25) is 0 Å². The molecule has 2 fully saturated rings. The third-order valence-corrected chi connectivity index (χ3v) is 9.52. The predicted molar refractivity (Wildman–Crippen MR) is 192 cm³/mol. The number of carbonyl (C=O) groups is 1. The molecule has 306 valence electrons. The molecule has 2 heterocycles. The summed E-state index contributed by atoms with van der Waals surface area (Å²) in [4.78, 5) is 12.6. The second-order valence-electron chi connectivity index (χ2n) is 14.1. The summed E-state index contributed by atoms with van der Waals surface area (Å²) in [7, 11) is 0. The highest BCUT2D eigenvalue weighted by Crippen LogP contribution is 2.26. The van der Waals surface area contributed by atoms with Crippen LogP contribution in [0.4, 0.5) is 0 Å². The maximum absolute atomic E-state index is 12.6. The molecule has 0 radical (unpaired) electrons. The van der Waals surface area contributed by atoms with Crippen LogP contribution in [-0.2, 0) is 33.2 Å². The van der Waals surface area contributed by atoms with Crippen LogP contribution in [0.15, 0.2) is 12.2 Å². The number of rotatable bonds is 29. The first-order valence-corrected chi connectivity index (χ1v) is 19.8. The van der Waals surface area contributed by atoms with E-state index in [1.54, 1.807) is 0 Å². The third-order valence-electron chi connectivity index (χ3n) is 9.52. The second-order valence-corrected chi connectivity index (χ2v) is 14.1. The molecule has 7 N–H and O–H groups in total. The Morgan fingerprint density at radius 1 is 0.615 bits per heavy atom. The quantitative estimate of drug-likeness (QED) is 0.0333. The Morgan fingerprint density at radius 3 is 1.75 bits per heavy atom. The molecular weight excluding hydrogens is 680 g/mol. The molecule has 2 saturated heterocycles. The number of allylic oxidation sites excluding steroid dienone is 2. The average molecular weight is 751 g/mol. The summed E-state index contributed by atoms with van der Waals surface area (Å²) < 4.78 is 33.8. The van der Waals surface area contributed by atoms with Gasteiger partial charge in [0.15, 0.2) is 12.6 Å². The van der Waals surface area contributed by atoms with Gasteiger partial charge in [-0.15, -0.1) is 0 Å². The van der Waals surface area contributed by atoms with Gasteiger partial charge in [0.2, 0.25) is 0 Å². The minimum Gasteiger partial charge on any atom is -0.457 e. The van der Waals surface area contributed by atoms with Gasteiger partial charge in [-0.05, 0) is 38.5 Å². The highest BCUT2D eigenvalue weighted by atomic mass is 16.7. The Balaban J connectivity index is 1.79.